The molecule has 2 heterocycles. The van der Waals surface area contributed by atoms with Crippen LogP contribution in [0.4, 0.5) is 0 Å². The number of rotatable bonds is 6. The van der Waals surface area contributed by atoms with Gasteiger partial charge in [-0.05, 0) is 23.8 Å². The molecular weight excluding hydrogens is 402 g/mol. The Kier molecular flexibility index (Phi) is 6.30. The second kappa shape index (κ2) is 9.28. The molecule has 0 bridgehead atoms. The molecule has 4 rings (SSSR count). The fraction of sp³-hybridized carbons (Fsp3) is 0.318. The summed E-state index contributed by atoms with van der Waals surface area (Å²) in [4.78, 5) is 17.0. The average Bonchev–Trinajstić information content (AvgIpc) is 3.24. The van der Waals surface area contributed by atoms with Crippen LogP contribution in [0.2, 0.25) is 5.02 Å². The molecule has 0 radical (unpaired) electrons. The normalized spacial score (nSPS) is 14.7. The second-order valence-corrected chi connectivity index (χ2v) is 7.74. The lowest BCUT2D eigenvalue weighted by molar-refractivity contribution is 0.0621. The van der Waals surface area contributed by atoms with E-state index in [1.807, 2.05) is 47.4 Å². The van der Waals surface area contributed by atoms with Gasteiger partial charge in [-0.25, -0.2) is 4.68 Å². The van der Waals surface area contributed by atoms with Gasteiger partial charge < -0.3 is 9.64 Å². The standard InChI is InChI=1S/C22H24ClN5O2/c1-30-21-5-3-2-4-18(21)15-26-10-12-27(13-11-26)22(29)20-16-28(25-24-20)14-17-6-8-19(23)9-7-17/h2-9,16H,10-15H2,1H3. The maximum Gasteiger partial charge on any atom is 0.276 e. The monoisotopic (exact) mass is 425 g/mol. The maximum atomic E-state index is 12.8. The fourth-order valence-electron chi connectivity index (χ4n) is 3.60. The number of nitrogens with zero attached hydrogens (tertiary/aromatic N) is 5. The van der Waals surface area contributed by atoms with Crippen LogP contribution in [0.25, 0.3) is 0 Å². The Morgan fingerprint density at radius 2 is 1.77 bits per heavy atom. The van der Waals surface area contributed by atoms with Crippen LogP contribution in [0.3, 0.4) is 0 Å². The first-order valence-corrected chi connectivity index (χ1v) is 10.3. The van der Waals surface area contributed by atoms with Gasteiger partial charge in [0, 0.05) is 43.3 Å². The van der Waals surface area contributed by atoms with Crippen LogP contribution >= 0.6 is 11.6 Å². The molecule has 3 aromatic rings. The zero-order valence-electron chi connectivity index (χ0n) is 16.9. The summed E-state index contributed by atoms with van der Waals surface area (Å²) in [7, 11) is 1.69. The molecule has 2 aromatic carbocycles. The number of benzene rings is 2. The quantitative estimate of drug-likeness (QED) is 0.607. The van der Waals surface area contributed by atoms with Crippen LogP contribution in [0, 0.1) is 0 Å². The fourth-order valence-corrected chi connectivity index (χ4v) is 3.72. The zero-order valence-corrected chi connectivity index (χ0v) is 17.6. The second-order valence-electron chi connectivity index (χ2n) is 7.31. The van der Waals surface area contributed by atoms with Gasteiger partial charge >= 0.3 is 0 Å². The Labute approximate surface area is 180 Å². The van der Waals surface area contributed by atoms with Crippen LogP contribution in [0.5, 0.6) is 5.75 Å². The molecule has 1 amide bonds. The minimum absolute atomic E-state index is 0.0747. The summed E-state index contributed by atoms with van der Waals surface area (Å²) in [6.07, 6.45) is 1.71. The van der Waals surface area contributed by atoms with Crippen LogP contribution in [-0.4, -0.2) is 64.0 Å². The Morgan fingerprint density at radius 1 is 1.03 bits per heavy atom. The summed E-state index contributed by atoms with van der Waals surface area (Å²) >= 11 is 5.92. The molecule has 156 valence electrons. The van der Waals surface area contributed by atoms with Crippen LogP contribution < -0.4 is 4.74 Å². The smallest absolute Gasteiger partial charge is 0.276 e. The number of amides is 1. The van der Waals surface area contributed by atoms with E-state index >= 15 is 0 Å². The van der Waals surface area contributed by atoms with Crippen molar-refractivity contribution in [2.75, 3.05) is 33.3 Å². The van der Waals surface area contributed by atoms with Crippen molar-refractivity contribution < 1.29 is 9.53 Å². The largest absolute Gasteiger partial charge is 0.496 e. The van der Waals surface area contributed by atoms with Crippen molar-refractivity contribution in [1.29, 1.82) is 0 Å². The maximum absolute atomic E-state index is 12.8. The van der Waals surface area contributed by atoms with Crippen LogP contribution in [0.15, 0.2) is 54.7 Å². The molecule has 1 aliphatic rings. The third-order valence-corrected chi connectivity index (χ3v) is 5.51. The number of piperazine rings is 1. The van der Waals surface area contributed by atoms with E-state index < -0.39 is 0 Å². The summed E-state index contributed by atoms with van der Waals surface area (Å²) in [5, 5.41) is 8.87. The predicted molar refractivity (Wildman–Crippen MR) is 115 cm³/mol. The first kappa shape index (κ1) is 20.4. The highest BCUT2D eigenvalue weighted by Gasteiger charge is 2.24. The van der Waals surface area contributed by atoms with Gasteiger partial charge in [0.2, 0.25) is 0 Å². The number of hydrogen-bond acceptors (Lipinski definition) is 5. The number of halogens is 1. The Bertz CT molecular complexity index is 997. The van der Waals surface area contributed by atoms with Crippen molar-refractivity contribution in [3.8, 4) is 5.75 Å². The molecule has 1 aliphatic heterocycles. The molecule has 1 saturated heterocycles. The van der Waals surface area contributed by atoms with Gasteiger partial charge in [-0.2, -0.15) is 0 Å². The van der Waals surface area contributed by atoms with E-state index in [-0.39, 0.29) is 5.91 Å². The number of hydrogen-bond donors (Lipinski definition) is 0. The van der Waals surface area contributed by atoms with E-state index in [0.717, 1.165) is 36.5 Å². The summed E-state index contributed by atoms with van der Waals surface area (Å²) in [6.45, 7) is 4.30. The molecule has 1 fully saturated rings. The minimum Gasteiger partial charge on any atom is -0.496 e. The van der Waals surface area contributed by atoms with Crippen molar-refractivity contribution in [3.63, 3.8) is 0 Å². The number of carbonyl (C=O) groups is 1. The molecule has 0 aliphatic carbocycles. The van der Waals surface area contributed by atoms with E-state index in [1.165, 1.54) is 0 Å². The summed E-state index contributed by atoms with van der Waals surface area (Å²) in [5.41, 5.74) is 2.58. The van der Waals surface area contributed by atoms with Crippen molar-refractivity contribution in [1.82, 2.24) is 24.8 Å². The van der Waals surface area contributed by atoms with Crippen molar-refractivity contribution in [2.24, 2.45) is 0 Å². The number of aromatic nitrogens is 3. The third-order valence-electron chi connectivity index (χ3n) is 5.26. The summed E-state index contributed by atoms with van der Waals surface area (Å²) in [5.74, 6) is 0.822. The van der Waals surface area contributed by atoms with Crippen LogP contribution in [0.1, 0.15) is 21.6 Å². The lowest BCUT2D eigenvalue weighted by Crippen LogP contribution is -2.48. The van der Waals surface area contributed by atoms with E-state index in [1.54, 1.807) is 18.0 Å². The summed E-state index contributed by atoms with van der Waals surface area (Å²) < 4.78 is 7.11. The van der Waals surface area contributed by atoms with E-state index in [0.29, 0.717) is 30.4 Å². The van der Waals surface area contributed by atoms with Crippen molar-refractivity contribution >= 4 is 17.5 Å². The number of methoxy groups -OCH3 is 1. The number of para-hydroxylation sites is 1. The highest BCUT2D eigenvalue weighted by molar-refractivity contribution is 6.30. The topological polar surface area (TPSA) is 63.5 Å². The third kappa shape index (κ3) is 4.80. The Hall–Kier alpha value is -2.90. The lowest BCUT2D eigenvalue weighted by atomic mass is 10.1. The number of carbonyl (C=O) groups excluding carboxylic acids is 1. The Morgan fingerprint density at radius 3 is 2.50 bits per heavy atom. The van der Waals surface area contributed by atoms with E-state index in [2.05, 4.69) is 21.3 Å². The van der Waals surface area contributed by atoms with Gasteiger partial charge in [0.25, 0.3) is 5.91 Å². The Balaban J connectivity index is 1.32. The lowest BCUT2D eigenvalue weighted by Gasteiger charge is -2.34. The van der Waals surface area contributed by atoms with Gasteiger partial charge in [0.1, 0.15) is 5.75 Å². The minimum atomic E-state index is -0.0747. The van der Waals surface area contributed by atoms with Crippen molar-refractivity contribution in [3.05, 3.63) is 76.6 Å². The molecule has 0 saturated carbocycles. The average molecular weight is 426 g/mol. The van der Waals surface area contributed by atoms with Gasteiger partial charge in [-0.15, -0.1) is 5.10 Å². The van der Waals surface area contributed by atoms with Gasteiger partial charge in [0.05, 0.1) is 19.9 Å². The first-order chi connectivity index (χ1) is 14.6. The van der Waals surface area contributed by atoms with Gasteiger partial charge in [-0.3, -0.25) is 9.69 Å². The van der Waals surface area contributed by atoms with Gasteiger partial charge in [-0.1, -0.05) is 47.1 Å². The molecule has 1 aromatic heterocycles. The molecule has 30 heavy (non-hydrogen) atoms. The zero-order chi connectivity index (χ0) is 20.9. The van der Waals surface area contributed by atoms with Crippen LogP contribution in [-0.2, 0) is 13.1 Å². The molecule has 0 atom stereocenters. The SMILES string of the molecule is COc1ccccc1CN1CCN(C(=O)c2cn(Cc3ccc(Cl)cc3)nn2)CC1. The highest BCUT2D eigenvalue weighted by atomic mass is 35.5. The molecule has 0 spiro atoms. The highest BCUT2D eigenvalue weighted by Crippen LogP contribution is 2.20. The summed E-state index contributed by atoms with van der Waals surface area (Å²) in [6, 6.07) is 15.6. The molecule has 0 N–H and O–H groups in total. The predicted octanol–water partition coefficient (Wildman–Crippen LogP) is 2.95. The molecule has 7 nitrogen and oxygen atoms in total. The van der Waals surface area contributed by atoms with Crippen molar-refractivity contribution in [2.45, 2.75) is 13.1 Å². The van der Waals surface area contributed by atoms with Gasteiger partial charge in [0.15, 0.2) is 5.69 Å². The van der Waals surface area contributed by atoms with E-state index in [4.69, 9.17) is 16.3 Å². The first-order valence-electron chi connectivity index (χ1n) is 9.90. The number of ether oxygens (including phenoxy) is 1. The molecule has 0 unspecified atom stereocenters. The molecule has 8 heteroatoms. The molecular formula is C22H24ClN5O2. The van der Waals surface area contributed by atoms with E-state index in [9.17, 15) is 4.79 Å².